The first-order valence-electron chi connectivity index (χ1n) is 8.71. The van der Waals surface area contributed by atoms with Gasteiger partial charge in [0.25, 0.3) is 0 Å². The number of aliphatic hydroxyl groups is 1. The number of aliphatic hydroxyl groups excluding tert-OH is 1. The maximum Gasteiger partial charge on any atom is 0.321 e. The van der Waals surface area contributed by atoms with Crippen molar-refractivity contribution in [1.29, 1.82) is 0 Å². The van der Waals surface area contributed by atoms with Crippen LogP contribution in [0.4, 0.5) is 16.2 Å². The van der Waals surface area contributed by atoms with E-state index in [-0.39, 0.29) is 6.03 Å². The van der Waals surface area contributed by atoms with Crippen molar-refractivity contribution in [2.75, 3.05) is 30.4 Å². The smallest absolute Gasteiger partial charge is 0.321 e. The van der Waals surface area contributed by atoms with E-state index >= 15 is 0 Å². The topological polar surface area (TPSA) is 55.8 Å². The summed E-state index contributed by atoms with van der Waals surface area (Å²) < 4.78 is 0. The molecule has 1 saturated heterocycles. The van der Waals surface area contributed by atoms with E-state index in [9.17, 15) is 9.90 Å². The van der Waals surface area contributed by atoms with Crippen LogP contribution in [0.25, 0.3) is 0 Å². The molecule has 0 radical (unpaired) electrons. The van der Waals surface area contributed by atoms with Crippen molar-refractivity contribution in [1.82, 2.24) is 4.90 Å². The Hall–Kier alpha value is -2.53. The molecule has 2 aromatic rings. The van der Waals surface area contributed by atoms with E-state index in [1.54, 1.807) is 4.90 Å². The van der Waals surface area contributed by atoms with Crippen LogP contribution in [0.1, 0.15) is 18.4 Å². The predicted molar refractivity (Wildman–Crippen MR) is 101 cm³/mol. The summed E-state index contributed by atoms with van der Waals surface area (Å²) in [6, 6.07) is 17.9. The molecule has 1 heterocycles. The van der Waals surface area contributed by atoms with Crippen molar-refractivity contribution >= 4 is 17.4 Å². The van der Waals surface area contributed by atoms with Gasteiger partial charge >= 0.3 is 6.03 Å². The summed E-state index contributed by atoms with van der Waals surface area (Å²) in [7, 11) is 2.02. The van der Waals surface area contributed by atoms with Crippen LogP contribution >= 0.6 is 0 Å². The second-order valence-corrected chi connectivity index (χ2v) is 6.53. The van der Waals surface area contributed by atoms with Gasteiger partial charge in [-0.25, -0.2) is 4.79 Å². The van der Waals surface area contributed by atoms with Crippen LogP contribution in [-0.2, 0) is 6.54 Å². The minimum Gasteiger partial charge on any atom is -0.391 e. The van der Waals surface area contributed by atoms with Gasteiger partial charge in [-0.3, -0.25) is 0 Å². The lowest BCUT2D eigenvalue weighted by Gasteiger charge is -2.31. The van der Waals surface area contributed by atoms with Crippen LogP contribution in [0.5, 0.6) is 0 Å². The molecular formula is C20H25N3O2. The molecule has 5 nitrogen and oxygen atoms in total. The number of benzene rings is 2. The lowest BCUT2D eigenvalue weighted by Crippen LogP contribution is -2.44. The summed E-state index contributed by atoms with van der Waals surface area (Å²) in [6.07, 6.45) is 1.18. The zero-order valence-corrected chi connectivity index (χ0v) is 14.6. The van der Waals surface area contributed by atoms with Crippen molar-refractivity contribution in [2.45, 2.75) is 25.5 Å². The second kappa shape index (κ2) is 8.03. The number of anilines is 2. The van der Waals surface area contributed by atoms with Gasteiger partial charge in [0, 0.05) is 26.7 Å². The van der Waals surface area contributed by atoms with Crippen molar-refractivity contribution in [3.8, 4) is 0 Å². The third-order valence-corrected chi connectivity index (χ3v) is 4.50. The average Bonchev–Trinajstić information content (AvgIpc) is 2.63. The van der Waals surface area contributed by atoms with Crippen molar-refractivity contribution < 1.29 is 9.90 Å². The molecule has 2 amide bonds. The molecule has 1 atom stereocenters. The first-order valence-corrected chi connectivity index (χ1v) is 8.71. The fourth-order valence-electron chi connectivity index (χ4n) is 3.19. The molecule has 1 aliphatic heterocycles. The van der Waals surface area contributed by atoms with Crippen LogP contribution in [0, 0.1) is 0 Å². The van der Waals surface area contributed by atoms with Gasteiger partial charge in [-0.2, -0.15) is 0 Å². The van der Waals surface area contributed by atoms with Gasteiger partial charge in [0.05, 0.1) is 17.5 Å². The molecule has 25 heavy (non-hydrogen) atoms. The quantitative estimate of drug-likeness (QED) is 0.898. The number of amides is 2. The summed E-state index contributed by atoms with van der Waals surface area (Å²) >= 11 is 0. The molecule has 0 bridgehead atoms. The van der Waals surface area contributed by atoms with E-state index < -0.39 is 6.10 Å². The molecule has 2 N–H and O–H groups in total. The number of β-amino-alcohol motifs (C(OH)–C–C–N with tert-alkyl or cyclic N) is 1. The number of para-hydroxylation sites is 2. The van der Waals surface area contributed by atoms with E-state index in [2.05, 4.69) is 22.3 Å². The third kappa shape index (κ3) is 4.51. The van der Waals surface area contributed by atoms with E-state index in [1.807, 2.05) is 49.5 Å². The Morgan fingerprint density at radius 2 is 1.92 bits per heavy atom. The summed E-state index contributed by atoms with van der Waals surface area (Å²) in [5.41, 5.74) is 2.97. The molecule has 0 aromatic heterocycles. The summed E-state index contributed by atoms with van der Waals surface area (Å²) in [6.45, 7) is 1.84. The average molecular weight is 339 g/mol. The van der Waals surface area contributed by atoms with E-state index in [4.69, 9.17) is 0 Å². The molecule has 1 aliphatic rings. The molecule has 0 saturated carbocycles. The van der Waals surface area contributed by atoms with Crippen LogP contribution in [0.15, 0.2) is 54.6 Å². The van der Waals surface area contributed by atoms with Crippen LogP contribution in [0.3, 0.4) is 0 Å². The highest BCUT2D eigenvalue weighted by atomic mass is 16.3. The fraction of sp³-hybridized carbons (Fsp3) is 0.350. The van der Waals surface area contributed by atoms with Gasteiger partial charge in [-0.05, 0) is 30.5 Å². The van der Waals surface area contributed by atoms with Crippen molar-refractivity contribution in [3.05, 3.63) is 60.2 Å². The van der Waals surface area contributed by atoms with Gasteiger partial charge in [0.1, 0.15) is 0 Å². The summed E-state index contributed by atoms with van der Waals surface area (Å²) in [5, 5.41) is 12.8. The number of nitrogens with one attached hydrogen (secondary N) is 1. The van der Waals surface area contributed by atoms with Crippen LogP contribution in [0.2, 0.25) is 0 Å². The zero-order valence-electron chi connectivity index (χ0n) is 14.6. The van der Waals surface area contributed by atoms with Gasteiger partial charge in [0.2, 0.25) is 0 Å². The molecule has 3 rings (SSSR count). The summed E-state index contributed by atoms with van der Waals surface area (Å²) in [5.74, 6) is 0. The molecule has 0 unspecified atom stereocenters. The van der Waals surface area contributed by atoms with Gasteiger partial charge in [-0.15, -0.1) is 0 Å². The number of carbonyl (C=O) groups excluding carboxylic acids is 1. The van der Waals surface area contributed by atoms with Crippen molar-refractivity contribution in [2.24, 2.45) is 0 Å². The molecule has 5 heteroatoms. The molecule has 132 valence electrons. The first-order chi connectivity index (χ1) is 12.1. The highest BCUT2D eigenvalue weighted by molar-refractivity contribution is 5.93. The second-order valence-electron chi connectivity index (χ2n) is 6.53. The van der Waals surface area contributed by atoms with E-state index in [0.29, 0.717) is 13.1 Å². The highest BCUT2D eigenvalue weighted by Crippen LogP contribution is 2.26. The number of hydrogen-bond acceptors (Lipinski definition) is 3. The Kier molecular flexibility index (Phi) is 5.56. The summed E-state index contributed by atoms with van der Waals surface area (Å²) in [4.78, 5) is 16.3. The zero-order chi connectivity index (χ0) is 17.6. The number of piperidine rings is 1. The Balaban J connectivity index is 1.71. The predicted octanol–water partition coefficient (Wildman–Crippen LogP) is 3.31. The van der Waals surface area contributed by atoms with Gasteiger partial charge in [-0.1, -0.05) is 42.5 Å². The number of hydrogen-bond donors (Lipinski definition) is 2. The lowest BCUT2D eigenvalue weighted by atomic mass is 10.1. The Morgan fingerprint density at radius 3 is 2.68 bits per heavy atom. The number of likely N-dealkylation sites (tertiary alicyclic amines) is 1. The third-order valence-electron chi connectivity index (χ3n) is 4.50. The van der Waals surface area contributed by atoms with Gasteiger partial charge in [0.15, 0.2) is 0 Å². The lowest BCUT2D eigenvalue weighted by molar-refractivity contribution is 0.0883. The molecule has 0 aliphatic carbocycles. The largest absolute Gasteiger partial charge is 0.391 e. The Bertz CT molecular complexity index is 705. The number of urea groups is 1. The molecule has 1 fully saturated rings. The Labute approximate surface area is 148 Å². The standard InChI is InChI=1S/C20H25N3O2/c1-22(14-16-8-3-2-4-9-16)19-12-6-5-11-18(19)21-20(25)23-13-7-10-17(24)15-23/h2-6,8-9,11-12,17,24H,7,10,13-15H2,1H3,(H,21,25)/t17-/m0/s1. The van der Waals surface area contributed by atoms with E-state index in [1.165, 1.54) is 5.56 Å². The highest BCUT2D eigenvalue weighted by Gasteiger charge is 2.22. The molecule has 0 spiro atoms. The fourth-order valence-corrected chi connectivity index (χ4v) is 3.19. The molecular weight excluding hydrogens is 314 g/mol. The maximum atomic E-state index is 12.5. The van der Waals surface area contributed by atoms with E-state index in [0.717, 1.165) is 30.8 Å². The minimum absolute atomic E-state index is 0.153. The number of nitrogens with zero attached hydrogens (tertiary/aromatic N) is 2. The van der Waals surface area contributed by atoms with Crippen molar-refractivity contribution in [3.63, 3.8) is 0 Å². The normalized spacial score (nSPS) is 17.2. The van der Waals surface area contributed by atoms with Gasteiger partial charge < -0.3 is 20.2 Å². The SMILES string of the molecule is CN(Cc1ccccc1)c1ccccc1NC(=O)N1CCC[C@H](O)C1. The minimum atomic E-state index is -0.421. The maximum absolute atomic E-state index is 12.5. The number of carbonyl (C=O) groups is 1. The first kappa shape index (κ1) is 17.3. The molecule has 2 aromatic carbocycles. The van der Waals surface area contributed by atoms with Crippen LogP contribution < -0.4 is 10.2 Å². The Morgan fingerprint density at radius 1 is 1.20 bits per heavy atom. The number of rotatable bonds is 4. The monoisotopic (exact) mass is 339 g/mol. The van der Waals surface area contributed by atoms with Crippen LogP contribution in [-0.4, -0.2) is 42.3 Å².